The van der Waals surface area contributed by atoms with Crippen LogP contribution in [0.1, 0.15) is 5.56 Å². The molecule has 1 aromatic carbocycles. The molecule has 0 aliphatic heterocycles. The van der Waals surface area contributed by atoms with Crippen LogP contribution in [-0.2, 0) is 6.54 Å². The lowest BCUT2D eigenvalue weighted by atomic mass is 10.2. The monoisotopic (exact) mass is 343 g/mol. The van der Waals surface area contributed by atoms with Crippen molar-refractivity contribution >= 4 is 11.4 Å². The molecule has 0 radical (unpaired) electrons. The number of benzene rings is 1. The fraction of sp³-hybridized carbons (Fsp3) is 0.125. The minimum absolute atomic E-state index is 0.0131. The van der Waals surface area contributed by atoms with Gasteiger partial charge in [-0.15, -0.1) is 0 Å². The van der Waals surface area contributed by atoms with E-state index in [1.165, 1.54) is 13.2 Å². The Balaban J connectivity index is 1.80. The summed E-state index contributed by atoms with van der Waals surface area (Å²) < 4.78 is 20.6. The van der Waals surface area contributed by atoms with Gasteiger partial charge in [0, 0.05) is 31.2 Å². The number of ether oxygens (including phenoxy) is 1. The Labute approximate surface area is 142 Å². The summed E-state index contributed by atoms with van der Waals surface area (Å²) in [5.74, 6) is -0.110. The summed E-state index contributed by atoms with van der Waals surface area (Å²) in [6, 6.07) is 7.47. The molecule has 0 aliphatic carbocycles. The zero-order valence-electron chi connectivity index (χ0n) is 13.2. The summed E-state index contributed by atoms with van der Waals surface area (Å²) in [4.78, 5) is 14.4. The molecule has 8 nitrogen and oxygen atoms in total. The highest BCUT2D eigenvalue weighted by atomic mass is 19.1. The zero-order chi connectivity index (χ0) is 17.8. The van der Waals surface area contributed by atoms with Gasteiger partial charge >= 0.3 is 5.69 Å². The number of hydrogen-bond donors (Lipinski definition) is 1. The molecule has 0 bridgehead atoms. The zero-order valence-corrected chi connectivity index (χ0v) is 13.2. The average Bonchev–Trinajstić information content (AvgIpc) is 3.15. The number of nitro groups is 1. The number of anilines is 1. The average molecular weight is 343 g/mol. The number of halogens is 1. The van der Waals surface area contributed by atoms with Crippen molar-refractivity contribution in [2.75, 3.05) is 12.4 Å². The number of methoxy groups -OCH3 is 1. The second-order valence-electron chi connectivity index (χ2n) is 5.09. The molecule has 0 aliphatic rings. The lowest BCUT2D eigenvalue weighted by Crippen LogP contribution is -2.05. The first-order valence-electron chi connectivity index (χ1n) is 7.29. The molecule has 3 rings (SSSR count). The minimum atomic E-state index is -0.728. The van der Waals surface area contributed by atoms with Crippen LogP contribution in [0.4, 0.5) is 15.8 Å². The fourth-order valence-electron chi connectivity index (χ4n) is 2.28. The highest BCUT2D eigenvalue weighted by molar-refractivity contribution is 5.59. The minimum Gasteiger partial charge on any atom is -0.490 e. The van der Waals surface area contributed by atoms with Crippen LogP contribution in [0.15, 0.2) is 48.9 Å². The van der Waals surface area contributed by atoms with E-state index in [-0.39, 0.29) is 11.4 Å². The molecule has 25 heavy (non-hydrogen) atoms. The van der Waals surface area contributed by atoms with Gasteiger partial charge in [-0.05, 0) is 23.8 Å². The summed E-state index contributed by atoms with van der Waals surface area (Å²) in [5, 5.41) is 17.9. The quantitative estimate of drug-likeness (QED) is 0.546. The van der Waals surface area contributed by atoms with Crippen molar-refractivity contribution in [2.24, 2.45) is 0 Å². The van der Waals surface area contributed by atoms with Gasteiger partial charge in [0.05, 0.1) is 23.8 Å². The van der Waals surface area contributed by atoms with Crippen LogP contribution in [0, 0.1) is 15.9 Å². The molecule has 3 aromatic rings. The van der Waals surface area contributed by atoms with Crippen molar-refractivity contribution in [2.45, 2.75) is 6.54 Å². The molecule has 0 amide bonds. The molecule has 2 heterocycles. The van der Waals surface area contributed by atoms with Gasteiger partial charge in [0.15, 0.2) is 17.4 Å². The third kappa shape index (κ3) is 3.55. The Bertz CT molecular complexity index is 899. The maximum atomic E-state index is 14.1. The van der Waals surface area contributed by atoms with Gasteiger partial charge in [-0.3, -0.25) is 10.1 Å². The molecule has 0 unspecified atom stereocenters. The highest BCUT2D eigenvalue weighted by Crippen LogP contribution is 2.32. The molecule has 128 valence electrons. The molecule has 0 saturated carbocycles. The lowest BCUT2D eigenvalue weighted by molar-refractivity contribution is -0.385. The van der Waals surface area contributed by atoms with E-state index in [1.807, 2.05) is 0 Å². The van der Waals surface area contributed by atoms with Crippen molar-refractivity contribution in [3.8, 4) is 11.6 Å². The Morgan fingerprint density at radius 1 is 1.36 bits per heavy atom. The van der Waals surface area contributed by atoms with Crippen molar-refractivity contribution in [1.29, 1.82) is 0 Å². The van der Waals surface area contributed by atoms with Gasteiger partial charge in [-0.2, -0.15) is 5.10 Å². The number of nitrogens with zero attached hydrogens (tertiary/aromatic N) is 4. The number of rotatable bonds is 6. The van der Waals surface area contributed by atoms with Crippen LogP contribution in [0.3, 0.4) is 0 Å². The van der Waals surface area contributed by atoms with E-state index in [0.29, 0.717) is 12.4 Å². The van der Waals surface area contributed by atoms with Crippen molar-refractivity contribution in [3.63, 3.8) is 0 Å². The number of aromatic nitrogens is 3. The van der Waals surface area contributed by atoms with Crippen LogP contribution >= 0.6 is 0 Å². The molecular weight excluding hydrogens is 329 g/mol. The molecular formula is C16H14FN5O3. The standard InChI is InChI=1S/C16H14FN5O3/c1-25-15-9-13(12(17)8-14(15)22(23)24)19-10-11-3-5-18-16(7-11)21-6-2-4-20-21/h2-9,19H,10H2,1H3. The van der Waals surface area contributed by atoms with E-state index in [4.69, 9.17) is 4.74 Å². The van der Waals surface area contributed by atoms with Crippen LogP contribution < -0.4 is 10.1 Å². The Hall–Kier alpha value is -3.49. The lowest BCUT2D eigenvalue weighted by Gasteiger charge is -2.10. The van der Waals surface area contributed by atoms with E-state index in [1.54, 1.807) is 41.5 Å². The maximum Gasteiger partial charge on any atom is 0.313 e. The largest absolute Gasteiger partial charge is 0.490 e. The third-order valence-electron chi connectivity index (χ3n) is 3.50. The van der Waals surface area contributed by atoms with E-state index in [9.17, 15) is 14.5 Å². The second-order valence-corrected chi connectivity index (χ2v) is 5.09. The van der Waals surface area contributed by atoms with Crippen molar-refractivity contribution < 1.29 is 14.1 Å². The van der Waals surface area contributed by atoms with Gasteiger partial charge < -0.3 is 10.1 Å². The van der Waals surface area contributed by atoms with Crippen molar-refractivity contribution in [3.05, 3.63) is 70.4 Å². The molecule has 9 heteroatoms. The van der Waals surface area contributed by atoms with Crippen LogP contribution in [0.5, 0.6) is 5.75 Å². The van der Waals surface area contributed by atoms with E-state index in [2.05, 4.69) is 15.4 Å². The Kier molecular flexibility index (Phi) is 4.55. The van der Waals surface area contributed by atoms with Gasteiger partial charge in [0.25, 0.3) is 0 Å². The summed E-state index contributed by atoms with van der Waals surface area (Å²) in [5.41, 5.74) is 0.535. The maximum absolute atomic E-state index is 14.1. The number of pyridine rings is 1. The first-order chi connectivity index (χ1) is 12.1. The van der Waals surface area contributed by atoms with E-state index < -0.39 is 16.4 Å². The number of nitrogens with one attached hydrogen (secondary N) is 1. The third-order valence-corrected chi connectivity index (χ3v) is 3.50. The summed E-state index contributed by atoms with van der Waals surface area (Å²) >= 11 is 0. The predicted molar refractivity (Wildman–Crippen MR) is 88.3 cm³/mol. The summed E-state index contributed by atoms with van der Waals surface area (Å²) in [6.45, 7) is 0.300. The van der Waals surface area contributed by atoms with Crippen LogP contribution in [-0.4, -0.2) is 26.8 Å². The van der Waals surface area contributed by atoms with Gasteiger partial charge in [0.2, 0.25) is 0 Å². The summed E-state index contributed by atoms with van der Waals surface area (Å²) in [6.07, 6.45) is 5.03. The fourth-order valence-corrected chi connectivity index (χ4v) is 2.28. The molecule has 0 saturated heterocycles. The molecule has 0 atom stereocenters. The number of hydrogen-bond acceptors (Lipinski definition) is 6. The Morgan fingerprint density at radius 2 is 2.20 bits per heavy atom. The van der Waals surface area contributed by atoms with Crippen molar-refractivity contribution in [1.82, 2.24) is 14.8 Å². The SMILES string of the molecule is COc1cc(NCc2ccnc(-n3cccn3)c2)c(F)cc1[N+](=O)[O-]. The van der Waals surface area contributed by atoms with E-state index in [0.717, 1.165) is 11.6 Å². The first kappa shape index (κ1) is 16.4. The molecule has 1 N–H and O–H groups in total. The normalized spacial score (nSPS) is 10.5. The second kappa shape index (κ2) is 6.95. The first-order valence-corrected chi connectivity index (χ1v) is 7.29. The van der Waals surface area contributed by atoms with Gasteiger partial charge in [-0.25, -0.2) is 14.1 Å². The molecule has 2 aromatic heterocycles. The van der Waals surface area contributed by atoms with Crippen LogP contribution in [0.2, 0.25) is 0 Å². The Morgan fingerprint density at radius 3 is 2.88 bits per heavy atom. The molecule has 0 spiro atoms. The summed E-state index contributed by atoms with van der Waals surface area (Å²) in [7, 11) is 1.29. The topological polar surface area (TPSA) is 95.1 Å². The van der Waals surface area contributed by atoms with Crippen LogP contribution in [0.25, 0.3) is 5.82 Å². The van der Waals surface area contributed by atoms with Gasteiger partial charge in [0.1, 0.15) is 0 Å². The highest BCUT2D eigenvalue weighted by Gasteiger charge is 2.19. The smallest absolute Gasteiger partial charge is 0.313 e. The van der Waals surface area contributed by atoms with E-state index >= 15 is 0 Å². The molecule has 0 fully saturated rings. The van der Waals surface area contributed by atoms with Gasteiger partial charge in [-0.1, -0.05) is 0 Å². The number of nitro benzene ring substituents is 1. The predicted octanol–water partition coefficient (Wildman–Crippen LogP) is 2.94.